The van der Waals surface area contributed by atoms with Crippen LogP contribution in [0.4, 0.5) is 0 Å². The van der Waals surface area contributed by atoms with Gasteiger partial charge in [0.15, 0.2) is 10.6 Å². The molecule has 0 spiro atoms. The molecule has 0 radical (unpaired) electrons. The highest BCUT2D eigenvalue weighted by Gasteiger charge is 2.19. The van der Waals surface area contributed by atoms with Gasteiger partial charge in [-0.25, -0.2) is 0 Å². The van der Waals surface area contributed by atoms with E-state index < -0.39 is 0 Å². The molecule has 0 bridgehead atoms. The van der Waals surface area contributed by atoms with Crippen molar-refractivity contribution in [1.29, 1.82) is 0 Å². The number of morpholine rings is 1. The molecule has 1 aliphatic rings. The Kier molecular flexibility index (Phi) is 6.37. The average molecular weight is 437 g/mol. The fourth-order valence-electron chi connectivity index (χ4n) is 3.64. The molecule has 0 aliphatic carbocycles. The predicted molar refractivity (Wildman–Crippen MR) is 121 cm³/mol. The molecule has 8 heteroatoms. The molecule has 1 fully saturated rings. The monoisotopic (exact) mass is 436 g/mol. The van der Waals surface area contributed by atoms with Gasteiger partial charge in [-0.2, -0.15) is 5.10 Å². The first-order valence-electron chi connectivity index (χ1n) is 10.1. The molecular formula is C23H24N4O3S. The van der Waals surface area contributed by atoms with Crippen LogP contribution in [0.5, 0.6) is 11.5 Å². The van der Waals surface area contributed by atoms with Crippen LogP contribution in [0.1, 0.15) is 18.1 Å². The molecule has 160 valence electrons. The predicted octanol–water partition coefficient (Wildman–Crippen LogP) is 3.41. The molecular weight excluding hydrogens is 412 g/mol. The van der Waals surface area contributed by atoms with Gasteiger partial charge in [-0.05, 0) is 49.0 Å². The van der Waals surface area contributed by atoms with E-state index in [2.05, 4.69) is 39.1 Å². The van der Waals surface area contributed by atoms with E-state index in [-0.39, 0.29) is 17.9 Å². The summed E-state index contributed by atoms with van der Waals surface area (Å²) in [7, 11) is 0. The minimum atomic E-state index is -0.0538. The number of phenols is 2. The van der Waals surface area contributed by atoms with Gasteiger partial charge in [0.1, 0.15) is 11.5 Å². The molecule has 1 aliphatic heterocycles. The van der Waals surface area contributed by atoms with Gasteiger partial charge in [-0.15, -0.1) is 5.92 Å². The molecule has 0 atom stereocenters. The van der Waals surface area contributed by atoms with Crippen molar-refractivity contribution in [2.45, 2.75) is 19.9 Å². The zero-order valence-electron chi connectivity index (χ0n) is 17.3. The van der Waals surface area contributed by atoms with E-state index in [0.717, 1.165) is 38.5 Å². The van der Waals surface area contributed by atoms with E-state index in [1.165, 1.54) is 11.6 Å². The molecule has 7 nitrogen and oxygen atoms in total. The summed E-state index contributed by atoms with van der Waals surface area (Å²) in [6.07, 6.45) is 0.239. The zero-order chi connectivity index (χ0) is 21.8. The number of hydrogen-bond acceptors (Lipinski definition) is 6. The Bertz CT molecular complexity index is 1180. The van der Waals surface area contributed by atoms with Crippen LogP contribution in [0.2, 0.25) is 0 Å². The number of ether oxygens (including phenoxy) is 1. The van der Waals surface area contributed by atoms with Crippen molar-refractivity contribution in [2.75, 3.05) is 26.3 Å². The Morgan fingerprint density at radius 2 is 1.87 bits per heavy atom. The lowest BCUT2D eigenvalue weighted by atomic mass is 10.0. The number of nitrogens with one attached hydrogen (secondary N) is 1. The van der Waals surface area contributed by atoms with Gasteiger partial charge in [0.25, 0.3) is 0 Å². The highest BCUT2D eigenvalue weighted by Crippen LogP contribution is 2.37. The summed E-state index contributed by atoms with van der Waals surface area (Å²) in [5.41, 5.74) is 2.88. The lowest BCUT2D eigenvalue weighted by Gasteiger charge is -2.26. The van der Waals surface area contributed by atoms with E-state index >= 15 is 0 Å². The second kappa shape index (κ2) is 9.35. The standard InChI is InChI=1S/C23H24N4O3S/c1-2-3-4-18-20(28)10-9-19(21(18)29)22-24-25-23(31)27(22)17-7-5-16(6-8-17)15-26-11-13-30-14-12-26/h5-10,28-29H,4,11-15H2,1H3,(H,25,31). The molecule has 3 aromatic rings. The number of hydrogen-bond donors (Lipinski definition) is 3. The normalized spacial score (nSPS) is 14.2. The molecule has 0 unspecified atom stereocenters. The molecule has 31 heavy (non-hydrogen) atoms. The van der Waals surface area contributed by atoms with Gasteiger partial charge >= 0.3 is 0 Å². The quantitative estimate of drug-likeness (QED) is 0.420. The zero-order valence-corrected chi connectivity index (χ0v) is 18.1. The molecule has 4 rings (SSSR count). The summed E-state index contributed by atoms with van der Waals surface area (Å²) in [6, 6.07) is 11.3. The van der Waals surface area contributed by atoms with Crippen molar-refractivity contribution in [3.05, 3.63) is 52.3 Å². The van der Waals surface area contributed by atoms with Crippen molar-refractivity contribution in [3.63, 3.8) is 0 Å². The molecule has 1 saturated heterocycles. The third-order valence-electron chi connectivity index (χ3n) is 5.32. The number of phenolic OH excluding ortho intramolecular Hbond substituents is 2. The van der Waals surface area contributed by atoms with Crippen molar-refractivity contribution >= 4 is 12.2 Å². The number of nitrogens with zero attached hydrogens (tertiary/aromatic N) is 3. The van der Waals surface area contributed by atoms with Crippen LogP contribution in [-0.2, 0) is 17.7 Å². The minimum Gasteiger partial charge on any atom is -0.507 e. The molecule has 0 saturated carbocycles. The molecule has 0 amide bonds. The maximum atomic E-state index is 10.8. The minimum absolute atomic E-state index is 0.00264. The van der Waals surface area contributed by atoms with Crippen LogP contribution < -0.4 is 0 Å². The largest absolute Gasteiger partial charge is 0.507 e. The second-order valence-corrected chi connectivity index (χ2v) is 7.69. The lowest BCUT2D eigenvalue weighted by molar-refractivity contribution is 0.0342. The number of aromatic hydroxyl groups is 2. The highest BCUT2D eigenvalue weighted by molar-refractivity contribution is 7.71. The van der Waals surface area contributed by atoms with Gasteiger partial charge in [0, 0.05) is 37.3 Å². The summed E-state index contributed by atoms with van der Waals surface area (Å²) < 4.78 is 7.60. The van der Waals surface area contributed by atoms with Crippen LogP contribution in [0, 0.1) is 16.6 Å². The SMILES string of the molecule is CC#CCc1c(O)ccc(-c2n[nH]c(=S)n2-c2ccc(CN3CCOCC3)cc2)c1O. The van der Waals surface area contributed by atoms with Crippen LogP contribution >= 0.6 is 12.2 Å². The van der Waals surface area contributed by atoms with Crippen LogP contribution in [-0.4, -0.2) is 56.2 Å². The lowest BCUT2D eigenvalue weighted by Crippen LogP contribution is -2.35. The Morgan fingerprint density at radius 1 is 1.13 bits per heavy atom. The highest BCUT2D eigenvalue weighted by atomic mass is 32.1. The van der Waals surface area contributed by atoms with Gasteiger partial charge < -0.3 is 14.9 Å². The fourth-order valence-corrected chi connectivity index (χ4v) is 3.88. The maximum Gasteiger partial charge on any atom is 0.200 e. The van der Waals surface area contributed by atoms with Crippen molar-refractivity contribution in [1.82, 2.24) is 19.7 Å². The topological polar surface area (TPSA) is 86.5 Å². The van der Waals surface area contributed by atoms with Gasteiger partial charge in [-0.3, -0.25) is 14.6 Å². The van der Waals surface area contributed by atoms with E-state index in [1.54, 1.807) is 17.6 Å². The van der Waals surface area contributed by atoms with Gasteiger partial charge in [0.05, 0.1) is 18.8 Å². The van der Waals surface area contributed by atoms with E-state index in [9.17, 15) is 10.2 Å². The molecule has 3 N–H and O–H groups in total. The first-order chi connectivity index (χ1) is 15.1. The third kappa shape index (κ3) is 4.49. The van der Waals surface area contributed by atoms with Crippen LogP contribution in [0.25, 0.3) is 17.1 Å². The summed E-state index contributed by atoms with van der Waals surface area (Å²) >= 11 is 5.46. The number of benzene rings is 2. The average Bonchev–Trinajstić information content (AvgIpc) is 3.16. The van der Waals surface area contributed by atoms with Crippen molar-refractivity contribution in [2.24, 2.45) is 0 Å². The summed E-state index contributed by atoms with van der Waals surface area (Å²) in [5.74, 6) is 6.07. The van der Waals surface area contributed by atoms with E-state index in [4.69, 9.17) is 17.0 Å². The number of rotatable bonds is 5. The number of aromatic amines is 1. The first-order valence-corrected chi connectivity index (χ1v) is 10.5. The third-order valence-corrected chi connectivity index (χ3v) is 5.59. The van der Waals surface area contributed by atoms with Crippen LogP contribution in [0.15, 0.2) is 36.4 Å². The summed E-state index contributed by atoms with van der Waals surface area (Å²) in [4.78, 5) is 2.36. The van der Waals surface area contributed by atoms with Crippen molar-refractivity contribution in [3.8, 4) is 40.4 Å². The fraction of sp³-hybridized carbons (Fsp3) is 0.304. The second-order valence-electron chi connectivity index (χ2n) is 7.31. The van der Waals surface area contributed by atoms with E-state index in [1.807, 2.05) is 12.1 Å². The number of H-pyrrole nitrogens is 1. The Labute approximate surface area is 185 Å². The summed E-state index contributed by atoms with van der Waals surface area (Å²) in [6.45, 7) is 5.99. The first kappa shape index (κ1) is 21.1. The van der Waals surface area contributed by atoms with Gasteiger partial charge in [0.2, 0.25) is 0 Å². The molecule has 1 aromatic heterocycles. The Hall–Kier alpha value is -3.12. The van der Waals surface area contributed by atoms with Crippen molar-refractivity contribution < 1.29 is 14.9 Å². The number of aromatic nitrogens is 3. The molecule has 2 heterocycles. The van der Waals surface area contributed by atoms with E-state index in [0.29, 0.717) is 21.7 Å². The maximum absolute atomic E-state index is 10.8. The van der Waals surface area contributed by atoms with Gasteiger partial charge in [-0.1, -0.05) is 18.1 Å². The molecule has 2 aromatic carbocycles. The van der Waals surface area contributed by atoms with Crippen LogP contribution in [0.3, 0.4) is 0 Å². The smallest absolute Gasteiger partial charge is 0.200 e. The Morgan fingerprint density at radius 3 is 2.58 bits per heavy atom. The summed E-state index contributed by atoms with van der Waals surface area (Å²) in [5, 5.41) is 28.1. The Balaban J connectivity index is 1.67.